The van der Waals surface area contributed by atoms with Crippen molar-refractivity contribution >= 4 is 6.03 Å². The maximum atomic E-state index is 12.1. The van der Waals surface area contributed by atoms with Crippen LogP contribution in [0.2, 0.25) is 0 Å². The molecule has 2 saturated heterocycles. The Morgan fingerprint density at radius 2 is 1.79 bits per heavy atom. The van der Waals surface area contributed by atoms with Gasteiger partial charge in [-0.15, -0.1) is 0 Å². The maximum absolute atomic E-state index is 12.1. The number of nitrogens with zero attached hydrogens (tertiary/aromatic N) is 2. The fraction of sp³-hybridized carbons (Fsp3) is 0.917. The summed E-state index contributed by atoms with van der Waals surface area (Å²) in [6.07, 6.45) is -2.59. The lowest BCUT2D eigenvalue weighted by Gasteiger charge is -2.42. The molecule has 2 amide bonds. The Kier molecular flexibility index (Phi) is 3.94. The van der Waals surface area contributed by atoms with Crippen molar-refractivity contribution in [1.29, 1.82) is 0 Å². The standard InChI is InChI=1S/C12H20F3N3O/c1-8(2)17-5-9-3-4-10(6-17)18(9)11(19)16-7-12(13,14)15/h8-10H,3-7H2,1-2H3,(H,16,19). The molecule has 1 N–H and O–H groups in total. The summed E-state index contributed by atoms with van der Waals surface area (Å²) in [5.74, 6) is 0. The van der Waals surface area contributed by atoms with E-state index in [4.69, 9.17) is 0 Å². The first-order valence-electron chi connectivity index (χ1n) is 6.65. The third-order valence-corrected chi connectivity index (χ3v) is 3.92. The summed E-state index contributed by atoms with van der Waals surface area (Å²) in [4.78, 5) is 15.8. The topological polar surface area (TPSA) is 35.6 Å². The summed E-state index contributed by atoms with van der Waals surface area (Å²) in [6, 6.07) is -0.0690. The van der Waals surface area contributed by atoms with Gasteiger partial charge in [0.05, 0.1) is 0 Å². The minimum absolute atomic E-state index is 0.0504. The molecule has 2 unspecified atom stereocenters. The fourth-order valence-corrected chi connectivity index (χ4v) is 2.96. The zero-order chi connectivity index (χ0) is 14.2. The lowest BCUT2D eigenvalue weighted by molar-refractivity contribution is -0.123. The average molecular weight is 279 g/mol. The smallest absolute Gasteiger partial charge is 0.329 e. The van der Waals surface area contributed by atoms with Crippen LogP contribution in [0.4, 0.5) is 18.0 Å². The monoisotopic (exact) mass is 279 g/mol. The van der Waals surface area contributed by atoms with E-state index in [9.17, 15) is 18.0 Å². The third kappa shape index (κ3) is 3.32. The first kappa shape index (κ1) is 14.4. The highest BCUT2D eigenvalue weighted by Gasteiger charge is 2.43. The molecule has 2 heterocycles. The van der Waals surface area contributed by atoms with Gasteiger partial charge in [0.1, 0.15) is 6.54 Å². The van der Waals surface area contributed by atoms with Crippen LogP contribution >= 0.6 is 0 Å². The van der Waals surface area contributed by atoms with Gasteiger partial charge in [-0.25, -0.2) is 4.79 Å². The molecule has 7 heteroatoms. The van der Waals surface area contributed by atoms with Crippen LogP contribution < -0.4 is 5.32 Å². The normalized spacial score (nSPS) is 28.0. The fourth-order valence-electron chi connectivity index (χ4n) is 2.96. The second kappa shape index (κ2) is 5.19. The number of likely N-dealkylation sites (tertiary alicyclic amines) is 1. The molecule has 2 rings (SSSR count). The number of carbonyl (C=O) groups excluding carboxylic acids is 1. The van der Waals surface area contributed by atoms with Crippen LogP contribution in [0.1, 0.15) is 26.7 Å². The van der Waals surface area contributed by atoms with Crippen LogP contribution in [-0.4, -0.2) is 59.8 Å². The zero-order valence-electron chi connectivity index (χ0n) is 11.2. The van der Waals surface area contributed by atoms with Gasteiger partial charge < -0.3 is 10.2 Å². The van der Waals surface area contributed by atoms with E-state index in [0.717, 1.165) is 25.9 Å². The molecule has 2 atom stereocenters. The second-order valence-electron chi connectivity index (χ2n) is 5.61. The summed E-state index contributed by atoms with van der Waals surface area (Å²) in [7, 11) is 0. The molecular formula is C12H20F3N3O. The number of carbonyl (C=O) groups is 1. The Morgan fingerprint density at radius 3 is 2.21 bits per heavy atom. The molecule has 4 nitrogen and oxygen atoms in total. The predicted molar refractivity (Wildman–Crippen MR) is 64.8 cm³/mol. The van der Waals surface area contributed by atoms with E-state index in [0.29, 0.717) is 6.04 Å². The Hall–Kier alpha value is -0.980. The molecule has 0 aliphatic carbocycles. The van der Waals surface area contributed by atoms with Crippen LogP contribution in [0.25, 0.3) is 0 Å². The van der Waals surface area contributed by atoms with E-state index in [1.165, 1.54) is 0 Å². The minimum atomic E-state index is -4.35. The Labute approximate surface area is 110 Å². The van der Waals surface area contributed by atoms with Gasteiger partial charge in [0.2, 0.25) is 0 Å². The van der Waals surface area contributed by atoms with E-state index in [1.54, 1.807) is 4.90 Å². The van der Waals surface area contributed by atoms with E-state index in [2.05, 4.69) is 18.7 Å². The molecule has 19 heavy (non-hydrogen) atoms. The molecule has 2 bridgehead atoms. The van der Waals surface area contributed by atoms with Crippen molar-refractivity contribution in [2.45, 2.75) is 51.0 Å². The third-order valence-electron chi connectivity index (χ3n) is 3.92. The molecule has 0 saturated carbocycles. The molecule has 0 spiro atoms. The number of alkyl halides is 3. The minimum Gasteiger partial charge on any atom is -0.329 e. The van der Waals surface area contributed by atoms with Crippen LogP contribution in [-0.2, 0) is 0 Å². The molecule has 2 fully saturated rings. The van der Waals surface area contributed by atoms with Crippen LogP contribution in [0.5, 0.6) is 0 Å². The summed E-state index contributed by atoms with van der Waals surface area (Å²) >= 11 is 0. The summed E-state index contributed by atoms with van der Waals surface area (Å²) in [5.41, 5.74) is 0. The zero-order valence-corrected chi connectivity index (χ0v) is 11.2. The van der Waals surface area contributed by atoms with Gasteiger partial charge in [-0.3, -0.25) is 4.90 Å². The van der Waals surface area contributed by atoms with Crippen molar-refractivity contribution in [1.82, 2.24) is 15.1 Å². The van der Waals surface area contributed by atoms with Gasteiger partial charge in [0.25, 0.3) is 0 Å². The van der Waals surface area contributed by atoms with Crippen molar-refractivity contribution in [2.75, 3.05) is 19.6 Å². The van der Waals surface area contributed by atoms with E-state index < -0.39 is 18.8 Å². The number of nitrogens with one attached hydrogen (secondary N) is 1. The van der Waals surface area contributed by atoms with Crippen LogP contribution in [0, 0.1) is 0 Å². The number of fused-ring (bicyclic) bond motifs is 2. The Morgan fingerprint density at radius 1 is 1.26 bits per heavy atom. The maximum Gasteiger partial charge on any atom is 0.405 e. The van der Waals surface area contributed by atoms with Gasteiger partial charge in [0.15, 0.2) is 0 Å². The number of amides is 2. The number of hydrogen-bond donors (Lipinski definition) is 1. The Bertz CT molecular complexity index is 332. The van der Waals surface area contributed by atoms with Gasteiger partial charge in [-0.05, 0) is 26.7 Å². The molecule has 0 aromatic rings. The van der Waals surface area contributed by atoms with E-state index in [1.807, 2.05) is 5.32 Å². The summed E-state index contributed by atoms with van der Waals surface area (Å²) in [6.45, 7) is 4.45. The number of piperazine rings is 1. The van der Waals surface area contributed by atoms with Gasteiger partial charge >= 0.3 is 12.2 Å². The lowest BCUT2D eigenvalue weighted by atomic mass is 10.1. The summed E-state index contributed by atoms with van der Waals surface area (Å²) < 4.78 is 36.4. The summed E-state index contributed by atoms with van der Waals surface area (Å²) in [5, 5.41) is 1.98. The number of rotatable bonds is 2. The molecule has 0 aromatic heterocycles. The van der Waals surface area contributed by atoms with Crippen molar-refractivity contribution in [3.8, 4) is 0 Å². The van der Waals surface area contributed by atoms with Gasteiger partial charge in [0, 0.05) is 31.2 Å². The first-order valence-corrected chi connectivity index (χ1v) is 6.65. The molecule has 0 aromatic carbocycles. The van der Waals surface area contributed by atoms with Crippen molar-refractivity contribution in [2.24, 2.45) is 0 Å². The Balaban J connectivity index is 1.94. The molecule has 0 radical (unpaired) electrons. The molecule has 2 aliphatic rings. The average Bonchev–Trinajstić information content (AvgIpc) is 2.55. The predicted octanol–water partition coefficient (Wildman–Crippen LogP) is 1.82. The van der Waals surface area contributed by atoms with Gasteiger partial charge in [-0.1, -0.05) is 0 Å². The highest BCUT2D eigenvalue weighted by atomic mass is 19.4. The highest BCUT2D eigenvalue weighted by molar-refractivity contribution is 5.75. The van der Waals surface area contributed by atoms with Crippen LogP contribution in [0.15, 0.2) is 0 Å². The highest BCUT2D eigenvalue weighted by Crippen LogP contribution is 2.31. The quantitative estimate of drug-likeness (QED) is 0.837. The molecule has 110 valence electrons. The first-order chi connectivity index (χ1) is 8.78. The van der Waals surface area contributed by atoms with Crippen LogP contribution in [0.3, 0.4) is 0 Å². The van der Waals surface area contributed by atoms with E-state index in [-0.39, 0.29) is 12.1 Å². The molecule has 2 aliphatic heterocycles. The second-order valence-corrected chi connectivity index (χ2v) is 5.61. The molecular weight excluding hydrogens is 259 g/mol. The number of halogens is 3. The number of urea groups is 1. The SMILES string of the molecule is CC(C)N1CC2CCC(C1)N2C(=O)NCC(F)(F)F. The lowest BCUT2D eigenvalue weighted by Crippen LogP contribution is -2.59. The number of hydrogen-bond acceptors (Lipinski definition) is 2. The largest absolute Gasteiger partial charge is 0.405 e. The van der Waals surface area contributed by atoms with E-state index >= 15 is 0 Å². The van der Waals surface area contributed by atoms with Crippen molar-refractivity contribution < 1.29 is 18.0 Å². The van der Waals surface area contributed by atoms with Crippen molar-refractivity contribution in [3.05, 3.63) is 0 Å². The van der Waals surface area contributed by atoms with Crippen molar-refractivity contribution in [3.63, 3.8) is 0 Å². The van der Waals surface area contributed by atoms with Gasteiger partial charge in [-0.2, -0.15) is 13.2 Å².